The highest BCUT2D eigenvalue weighted by Gasteiger charge is 2.44. The molecule has 0 atom stereocenters. The summed E-state index contributed by atoms with van der Waals surface area (Å²) in [7, 11) is -3.71. The van der Waals surface area contributed by atoms with Crippen LogP contribution in [0.2, 0.25) is 0 Å². The van der Waals surface area contributed by atoms with Crippen molar-refractivity contribution in [3.05, 3.63) is 60.4 Å². The van der Waals surface area contributed by atoms with E-state index in [0.717, 1.165) is 18.4 Å². The van der Waals surface area contributed by atoms with E-state index in [0.29, 0.717) is 16.7 Å². The van der Waals surface area contributed by atoms with Gasteiger partial charge in [-0.1, -0.05) is 18.2 Å². The molecule has 1 N–H and O–H groups in total. The molecule has 2 aromatic carbocycles. The highest BCUT2D eigenvalue weighted by molar-refractivity contribution is 7.92. The van der Waals surface area contributed by atoms with Crippen LogP contribution in [0.25, 0.3) is 11.0 Å². The molecule has 0 spiro atoms. The smallest absolute Gasteiger partial charge is 0.261 e. The number of furan rings is 1. The first-order valence-corrected chi connectivity index (χ1v) is 9.03. The zero-order chi connectivity index (χ0) is 16.8. The molecule has 3 aromatic rings. The fraction of sp³-hybridized carbons (Fsp3) is 0.167. The minimum absolute atomic E-state index is 0.167. The van der Waals surface area contributed by atoms with E-state index in [1.54, 1.807) is 48.5 Å². The predicted molar refractivity (Wildman–Crippen MR) is 90.0 cm³/mol. The Balaban J connectivity index is 1.66. The van der Waals surface area contributed by atoms with Gasteiger partial charge in [-0.15, -0.1) is 0 Å². The number of fused-ring (bicyclic) bond motifs is 1. The van der Waals surface area contributed by atoms with Crippen molar-refractivity contribution in [3.63, 3.8) is 0 Å². The molecule has 4 rings (SSSR count). The topological polar surface area (TPSA) is 83.1 Å². The number of nitrogens with one attached hydrogen (secondary N) is 1. The van der Waals surface area contributed by atoms with Crippen LogP contribution in [-0.2, 0) is 15.4 Å². The molecule has 1 fully saturated rings. The molecule has 1 heterocycles. The van der Waals surface area contributed by atoms with Crippen LogP contribution in [0, 0.1) is 11.3 Å². The van der Waals surface area contributed by atoms with Gasteiger partial charge in [-0.05, 0) is 48.7 Å². The van der Waals surface area contributed by atoms with Gasteiger partial charge in [0, 0.05) is 5.39 Å². The van der Waals surface area contributed by atoms with Crippen LogP contribution in [0.4, 0.5) is 5.69 Å². The minimum atomic E-state index is -3.71. The summed E-state index contributed by atoms with van der Waals surface area (Å²) in [5, 5.41) is 9.93. The summed E-state index contributed by atoms with van der Waals surface area (Å²) in [6, 6.07) is 15.8. The largest absolute Gasteiger partial charge is 0.464 e. The Hall–Kier alpha value is -2.78. The van der Waals surface area contributed by atoms with E-state index in [2.05, 4.69) is 10.8 Å². The molecule has 0 saturated heterocycles. The highest BCUT2D eigenvalue weighted by Crippen LogP contribution is 2.47. The molecule has 6 heteroatoms. The van der Waals surface area contributed by atoms with Crippen LogP contribution in [0.1, 0.15) is 18.4 Å². The fourth-order valence-electron chi connectivity index (χ4n) is 2.83. The maximum absolute atomic E-state index is 12.6. The highest BCUT2D eigenvalue weighted by atomic mass is 32.2. The second kappa shape index (κ2) is 5.11. The van der Waals surface area contributed by atoms with E-state index >= 15 is 0 Å². The summed E-state index contributed by atoms with van der Waals surface area (Å²) in [5.41, 5.74) is 1.55. The average molecular weight is 338 g/mol. The second-order valence-corrected chi connectivity index (χ2v) is 7.64. The Morgan fingerprint density at radius 1 is 1.08 bits per heavy atom. The van der Waals surface area contributed by atoms with E-state index in [9.17, 15) is 13.7 Å². The molecule has 1 saturated carbocycles. The lowest BCUT2D eigenvalue weighted by Gasteiger charge is -2.11. The molecule has 24 heavy (non-hydrogen) atoms. The summed E-state index contributed by atoms with van der Waals surface area (Å²) >= 11 is 0. The molecule has 1 aromatic heterocycles. The summed E-state index contributed by atoms with van der Waals surface area (Å²) in [4.78, 5) is 0.167. The Labute approximate surface area is 139 Å². The zero-order valence-corrected chi connectivity index (χ0v) is 13.5. The third-order valence-electron chi connectivity index (χ3n) is 4.42. The van der Waals surface area contributed by atoms with E-state index < -0.39 is 15.4 Å². The first-order valence-electron chi connectivity index (χ1n) is 7.55. The fourth-order valence-corrected chi connectivity index (χ4v) is 3.91. The molecular formula is C18H14N2O3S. The number of sulfonamides is 1. The van der Waals surface area contributed by atoms with Gasteiger partial charge in [-0.25, -0.2) is 8.42 Å². The van der Waals surface area contributed by atoms with Crippen LogP contribution in [0.5, 0.6) is 0 Å². The maximum Gasteiger partial charge on any atom is 0.261 e. The Morgan fingerprint density at radius 3 is 2.50 bits per heavy atom. The number of benzene rings is 2. The van der Waals surface area contributed by atoms with Crippen LogP contribution in [0.3, 0.4) is 0 Å². The van der Waals surface area contributed by atoms with Gasteiger partial charge in [0.25, 0.3) is 10.0 Å². The maximum atomic E-state index is 12.6. The van der Waals surface area contributed by atoms with E-state index in [-0.39, 0.29) is 4.90 Å². The summed E-state index contributed by atoms with van der Waals surface area (Å²) in [6.45, 7) is 0. The third-order valence-corrected chi connectivity index (χ3v) is 5.80. The standard InChI is InChI=1S/C18H14N2O3S/c19-12-18(9-10-18)13-4-6-14(7-5-13)24(21,22)20-16-2-1-3-17-15(16)8-11-23-17/h1-8,11,20H,9-10H2. The van der Waals surface area contributed by atoms with Gasteiger partial charge in [0.1, 0.15) is 5.58 Å². The molecule has 1 aliphatic rings. The number of anilines is 1. The van der Waals surface area contributed by atoms with Crippen molar-refractivity contribution >= 4 is 26.7 Å². The van der Waals surface area contributed by atoms with Gasteiger partial charge in [0.2, 0.25) is 0 Å². The van der Waals surface area contributed by atoms with Crippen molar-refractivity contribution in [2.24, 2.45) is 0 Å². The van der Waals surface area contributed by atoms with Crippen molar-refractivity contribution in [1.29, 1.82) is 5.26 Å². The number of nitrogens with zero attached hydrogens (tertiary/aromatic N) is 1. The lowest BCUT2D eigenvalue weighted by atomic mass is 9.98. The summed E-state index contributed by atoms with van der Waals surface area (Å²) in [5.74, 6) is 0. The van der Waals surface area contributed by atoms with Crippen molar-refractivity contribution in [1.82, 2.24) is 0 Å². The van der Waals surface area contributed by atoms with Crippen molar-refractivity contribution in [2.75, 3.05) is 4.72 Å². The molecule has 1 aliphatic carbocycles. The predicted octanol–water partition coefficient (Wildman–Crippen LogP) is 3.79. The van der Waals surface area contributed by atoms with Gasteiger partial charge in [-0.2, -0.15) is 5.26 Å². The molecule has 0 amide bonds. The molecule has 0 radical (unpaired) electrons. The third kappa shape index (κ3) is 2.34. The average Bonchev–Trinajstić information content (AvgIpc) is 3.24. The summed E-state index contributed by atoms with van der Waals surface area (Å²) in [6.07, 6.45) is 3.18. The first-order chi connectivity index (χ1) is 11.5. The summed E-state index contributed by atoms with van der Waals surface area (Å²) < 4.78 is 33.1. The quantitative estimate of drug-likeness (QED) is 0.784. The van der Waals surface area contributed by atoms with Crippen LogP contribution in [0.15, 0.2) is 64.1 Å². The Morgan fingerprint density at radius 2 is 1.83 bits per heavy atom. The van der Waals surface area contributed by atoms with Crippen molar-refractivity contribution in [2.45, 2.75) is 23.2 Å². The SMILES string of the molecule is N#CC1(c2ccc(S(=O)(=O)Nc3cccc4occc34)cc2)CC1. The Kier molecular flexibility index (Phi) is 3.15. The molecule has 0 aliphatic heterocycles. The molecule has 120 valence electrons. The van der Waals surface area contributed by atoms with Gasteiger partial charge >= 0.3 is 0 Å². The van der Waals surface area contributed by atoms with Crippen molar-refractivity contribution < 1.29 is 12.8 Å². The van der Waals surface area contributed by atoms with Gasteiger partial charge in [0.15, 0.2) is 0 Å². The normalized spacial score (nSPS) is 15.8. The number of rotatable bonds is 4. The number of hydrogen-bond donors (Lipinski definition) is 1. The first kappa shape index (κ1) is 14.8. The van der Waals surface area contributed by atoms with Gasteiger partial charge in [0.05, 0.1) is 28.3 Å². The zero-order valence-electron chi connectivity index (χ0n) is 12.7. The molecule has 5 nitrogen and oxygen atoms in total. The van der Waals surface area contributed by atoms with Crippen LogP contribution < -0.4 is 4.72 Å². The van der Waals surface area contributed by atoms with E-state index in [1.165, 1.54) is 6.26 Å². The van der Waals surface area contributed by atoms with E-state index in [1.807, 2.05) is 0 Å². The molecule has 0 unspecified atom stereocenters. The monoisotopic (exact) mass is 338 g/mol. The number of nitriles is 1. The lowest BCUT2D eigenvalue weighted by molar-refractivity contribution is 0.601. The minimum Gasteiger partial charge on any atom is -0.464 e. The number of hydrogen-bond acceptors (Lipinski definition) is 4. The Bertz CT molecular complexity index is 1060. The lowest BCUT2D eigenvalue weighted by Crippen LogP contribution is -2.13. The van der Waals surface area contributed by atoms with Crippen LogP contribution >= 0.6 is 0 Å². The van der Waals surface area contributed by atoms with Gasteiger partial charge in [-0.3, -0.25) is 4.72 Å². The molecular weight excluding hydrogens is 324 g/mol. The van der Waals surface area contributed by atoms with E-state index in [4.69, 9.17) is 4.42 Å². The van der Waals surface area contributed by atoms with Crippen molar-refractivity contribution in [3.8, 4) is 6.07 Å². The van der Waals surface area contributed by atoms with Gasteiger partial charge < -0.3 is 4.42 Å². The second-order valence-electron chi connectivity index (χ2n) is 5.96. The molecule has 0 bridgehead atoms. The van der Waals surface area contributed by atoms with Crippen LogP contribution in [-0.4, -0.2) is 8.42 Å².